The summed E-state index contributed by atoms with van der Waals surface area (Å²) in [7, 11) is 0. The average Bonchev–Trinajstić information content (AvgIpc) is 2.46. The molecule has 0 aromatic heterocycles. The van der Waals surface area contributed by atoms with Gasteiger partial charge in [0.2, 0.25) is 5.91 Å². The predicted octanol–water partition coefficient (Wildman–Crippen LogP) is 3.40. The average molecular weight is 337 g/mol. The van der Waals surface area contributed by atoms with Crippen molar-refractivity contribution in [3.8, 4) is 0 Å². The number of primary amides is 1. The Hall–Kier alpha value is -1.55. The molecule has 2 rings (SSSR count). The number of piperidine rings is 1. The first-order valence-electron chi connectivity index (χ1n) is 8.06. The summed E-state index contributed by atoms with van der Waals surface area (Å²) in [5.74, 6) is -0.0291. The van der Waals surface area contributed by atoms with Crippen LogP contribution in [0.4, 0.5) is 0 Å². The van der Waals surface area contributed by atoms with E-state index >= 15 is 0 Å². The van der Waals surface area contributed by atoms with Crippen molar-refractivity contribution in [2.45, 2.75) is 40.0 Å². The number of hydrogen-bond acceptors (Lipinski definition) is 2. The number of nitrogens with zero attached hydrogens (tertiary/aromatic N) is 1. The van der Waals surface area contributed by atoms with E-state index in [9.17, 15) is 9.59 Å². The lowest BCUT2D eigenvalue weighted by Gasteiger charge is -2.36. The lowest BCUT2D eigenvalue weighted by atomic mass is 9.79. The number of halogens is 1. The molecule has 1 saturated heterocycles. The van der Waals surface area contributed by atoms with Gasteiger partial charge in [-0.15, -0.1) is 0 Å². The summed E-state index contributed by atoms with van der Waals surface area (Å²) in [6.07, 6.45) is 2.66. The van der Waals surface area contributed by atoms with Gasteiger partial charge in [-0.25, -0.2) is 0 Å². The van der Waals surface area contributed by atoms with Gasteiger partial charge >= 0.3 is 0 Å². The minimum Gasteiger partial charge on any atom is -0.369 e. The number of carbonyl (C=O) groups excluding carboxylic acids is 2. The Balaban J connectivity index is 2.08. The summed E-state index contributed by atoms with van der Waals surface area (Å²) in [5, 5.41) is 0.495. The Morgan fingerprint density at radius 3 is 2.70 bits per heavy atom. The molecule has 0 radical (unpaired) electrons. The Bertz CT molecular complexity index is 613. The van der Waals surface area contributed by atoms with Crippen LogP contribution in [0.3, 0.4) is 0 Å². The van der Waals surface area contributed by atoms with Crippen molar-refractivity contribution in [1.29, 1.82) is 0 Å². The van der Waals surface area contributed by atoms with Gasteiger partial charge in [0.25, 0.3) is 5.91 Å². The third kappa shape index (κ3) is 4.25. The molecular weight excluding hydrogens is 312 g/mol. The first-order valence-corrected chi connectivity index (χ1v) is 8.44. The van der Waals surface area contributed by atoms with E-state index in [1.54, 1.807) is 6.07 Å². The van der Waals surface area contributed by atoms with Crippen molar-refractivity contribution in [3.05, 3.63) is 34.3 Å². The van der Waals surface area contributed by atoms with Crippen molar-refractivity contribution in [2.75, 3.05) is 13.1 Å². The Morgan fingerprint density at radius 2 is 2.09 bits per heavy atom. The van der Waals surface area contributed by atoms with Crippen LogP contribution in [0.2, 0.25) is 5.02 Å². The largest absolute Gasteiger partial charge is 0.369 e. The zero-order valence-electron chi connectivity index (χ0n) is 14.1. The topological polar surface area (TPSA) is 63.4 Å². The second-order valence-electron chi connectivity index (χ2n) is 7.19. The summed E-state index contributed by atoms with van der Waals surface area (Å²) >= 11 is 6.22. The molecule has 1 aromatic rings. The minimum atomic E-state index is -0.543. The van der Waals surface area contributed by atoms with Gasteiger partial charge in [-0.05, 0) is 49.8 Å². The highest BCUT2D eigenvalue weighted by molar-refractivity contribution is 6.33. The molecule has 1 aliphatic heterocycles. The Morgan fingerprint density at radius 1 is 1.39 bits per heavy atom. The van der Waals surface area contributed by atoms with Gasteiger partial charge in [-0.1, -0.05) is 31.5 Å². The van der Waals surface area contributed by atoms with Gasteiger partial charge in [0.1, 0.15) is 0 Å². The first kappa shape index (κ1) is 17.8. The molecule has 0 spiro atoms. The van der Waals surface area contributed by atoms with E-state index in [0.717, 1.165) is 24.9 Å². The maximum Gasteiger partial charge on any atom is 0.255 e. The summed E-state index contributed by atoms with van der Waals surface area (Å²) in [5.41, 5.74) is 6.51. The van der Waals surface area contributed by atoms with Gasteiger partial charge in [-0.3, -0.25) is 9.59 Å². The fourth-order valence-corrected chi connectivity index (χ4v) is 3.52. The summed E-state index contributed by atoms with van der Waals surface area (Å²) < 4.78 is 0. The van der Waals surface area contributed by atoms with Crippen LogP contribution in [0.25, 0.3) is 0 Å². The molecule has 0 unspecified atom stereocenters. The molecule has 1 atom stereocenters. The monoisotopic (exact) mass is 336 g/mol. The van der Waals surface area contributed by atoms with Crippen molar-refractivity contribution in [1.82, 2.24) is 4.90 Å². The van der Waals surface area contributed by atoms with Crippen molar-refractivity contribution >= 4 is 23.4 Å². The summed E-state index contributed by atoms with van der Waals surface area (Å²) in [6.45, 7) is 7.07. The number of aryl methyl sites for hydroxylation is 1. The Labute approximate surface area is 143 Å². The van der Waals surface area contributed by atoms with Crippen LogP contribution in [-0.2, 0) is 4.79 Å². The number of nitrogens with two attached hydrogens (primary N) is 1. The van der Waals surface area contributed by atoms with Crippen LogP contribution in [0.15, 0.2) is 18.2 Å². The molecule has 126 valence electrons. The maximum absolute atomic E-state index is 12.7. The summed E-state index contributed by atoms with van der Waals surface area (Å²) in [6, 6.07) is 5.50. The van der Waals surface area contributed by atoms with Crippen LogP contribution < -0.4 is 5.73 Å². The lowest BCUT2D eigenvalue weighted by Crippen LogP contribution is -2.43. The molecule has 2 amide bonds. The molecule has 2 N–H and O–H groups in total. The van der Waals surface area contributed by atoms with E-state index in [4.69, 9.17) is 17.3 Å². The van der Waals surface area contributed by atoms with Crippen LogP contribution >= 0.6 is 11.6 Å². The molecular formula is C18H25ClN2O2. The molecule has 1 heterocycles. The quantitative estimate of drug-likeness (QED) is 0.915. The SMILES string of the molecule is Cc1ccc(C(=O)N2CCC[C@H](CC(C)(C)C(N)=O)C2)c(Cl)c1. The van der Waals surface area contributed by atoms with Gasteiger partial charge < -0.3 is 10.6 Å². The lowest BCUT2D eigenvalue weighted by molar-refractivity contribution is -0.127. The fraction of sp³-hybridized carbons (Fsp3) is 0.556. The highest BCUT2D eigenvalue weighted by atomic mass is 35.5. The van der Waals surface area contributed by atoms with Crippen molar-refractivity contribution < 1.29 is 9.59 Å². The number of amides is 2. The van der Waals surface area contributed by atoms with Gasteiger partial charge in [-0.2, -0.15) is 0 Å². The Kier molecular flexibility index (Phi) is 5.35. The second-order valence-corrected chi connectivity index (χ2v) is 7.60. The van der Waals surface area contributed by atoms with Crippen LogP contribution in [0, 0.1) is 18.3 Å². The molecule has 23 heavy (non-hydrogen) atoms. The zero-order valence-corrected chi connectivity index (χ0v) is 14.8. The van der Waals surface area contributed by atoms with E-state index in [0.29, 0.717) is 29.5 Å². The van der Waals surface area contributed by atoms with E-state index < -0.39 is 5.41 Å². The normalized spacial score (nSPS) is 18.8. The number of likely N-dealkylation sites (tertiary alicyclic amines) is 1. The van der Waals surface area contributed by atoms with E-state index in [-0.39, 0.29) is 11.8 Å². The maximum atomic E-state index is 12.7. The van der Waals surface area contributed by atoms with Gasteiger partial charge in [0.15, 0.2) is 0 Å². The van der Waals surface area contributed by atoms with Crippen LogP contribution in [0.1, 0.15) is 49.0 Å². The third-order valence-corrected chi connectivity index (χ3v) is 4.94. The van der Waals surface area contributed by atoms with E-state index in [2.05, 4.69) is 0 Å². The fourth-order valence-electron chi connectivity index (χ4n) is 3.20. The highest BCUT2D eigenvalue weighted by Crippen LogP contribution is 2.31. The molecule has 1 aliphatic rings. The zero-order chi connectivity index (χ0) is 17.2. The minimum absolute atomic E-state index is 0.0309. The highest BCUT2D eigenvalue weighted by Gasteiger charge is 2.32. The second kappa shape index (κ2) is 6.91. The van der Waals surface area contributed by atoms with E-state index in [1.807, 2.05) is 37.8 Å². The molecule has 0 bridgehead atoms. The smallest absolute Gasteiger partial charge is 0.255 e. The van der Waals surface area contributed by atoms with Gasteiger partial charge in [0, 0.05) is 18.5 Å². The molecule has 1 aromatic carbocycles. The number of hydrogen-bond donors (Lipinski definition) is 1. The number of carbonyl (C=O) groups is 2. The number of benzene rings is 1. The van der Waals surface area contributed by atoms with Crippen LogP contribution in [0.5, 0.6) is 0 Å². The van der Waals surface area contributed by atoms with Crippen molar-refractivity contribution in [2.24, 2.45) is 17.1 Å². The summed E-state index contributed by atoms with van der Waals surface area (Å²) in [4.78, 5) is 26.1. The van der Waals surface area contributed by atoms with Crippen LogP contribution in [-0.4, -0.2) is 29.8 Å². The molecule has 1 fully saturated rings. The third-order valence-electron chi connectivity index (χ3n) is 4.63. The first-order chi connectivity index (χ1) is 10.7. The molecule has 0 saturated carbocycles. The van der Waals surface area contributed by atoms with Gasteiger partial charge in [0.05, 0.1) is 10.6 Å². The molecule has 5 heteroatoms. The van der Waals surface area contributed by atoms with Crippen molar-refractivity contribution in [3.63, 3.8) is 0 Å². The molecule has 0 aliphatic carbocycles. The predicted molar refractivity (Wildman–Crippen MR) is 92.4 cm³/mol. The number of rotatable bonds is 4. The van der Waals surface area contributed by atoms with E-state index in [1.165, 1.54) is 0 Å². The molecule has 4 nitrogen and oxygen atoms in total. The standard InChI is InChI=1S/C18H25ClN2O2/c1-12-6-7-14(15(19)9-12)16(22)21-8-4-5-13(11-21)10-18(2,3)17(20)23/h6-7,9,13H,4-5,8,10-11H2,1-3H3,(H2,20,23)/t13-/m1/s1.